The van der Waals surface area contributed by atoms with E-state index in [4.69, 9.17) is 0 Å². The number of rotatable bonds is 10. The molecule has 0 saturated heterocycles. The Kier molecular flexibility index (Phi) is 10.2. The van der Waals surface area contributed by atoms with Crippen molar-refractivity contribution in [1.82, 2.24) is 4.57 Å². The number of nitrogens with zero attached hydrogens (tertiary/aromatic N) is 3. The largest absolute Gasteiger partial charge is 0.311 e. The van der Waals surface area contributed by atoms with Crippen LogP contribution in [0.2, 0.25) is 0 Å². The van der Waals surface area contributed by atoms with Crippen LogP contribution in [0, 0.1) is 0 Å². The number of aromatic nitrogens is 1. The van der Waals surface area contributed by atoms with Crippen LogP contribution in [0.25, 0.3) is 71.6 Å². The summed E-state index contributed by atoms with van der Waals surface area (Å²) < 4.78 is 2.43. The Hall–Kier alpha value is -8.92. The lowest BCUT2D eigenvalue weighted by Crippen LogP contribution is -2.09. The van der Waals surface area contributed by atoms with E-state index in [0.717, 1.165) is 39.8 Å². The zero-order valence-electron chi connectivity index (χ0n) is 36.8. The highest BCUT2D eigenvalue weighted by Crippen LogP contribution is 2.42. The van der Waals surface area contributed by atoms with Crippen molar-refractivity contribution in [3.05, 3.63) is 273 Å². The lowest BCUT2D eigenvalue weighted by Gasteiger charge is -2.26. The first kappa shape index (κ1) is 39.7. The molecule has 0 aliphatic heterocycles. The third-order valence-electron chi connectivity index (χ3n) is 13.0. The van der Waals surface area contributed by atoms with Gasteiger partial charge in [0, 0.05) is 50.6 Å². The van der Waals surface area contributed by atoms with Crippen molar-refractivity contribution in [2.24, 2.45) is 0 Å². The summed E-state index contributed by atoms with van der Waals surface area (Å²) in [5, 5.41) is 4.85. The van der Waals surface area contributed by atoms with Crippen LogP contribution in [0.15, 0.2) is 273 Å². The maximum Gasteiger partial charge on any atom is 0.0547 e. The average molecular weight is 856 g/mol. The van der Waals surface area contributed by atoms with E-state index in [0.29, 0.717) is 0 Å². The standard InChI is InChI=1S/C64H45N3/c1-5-16-46(17-6-1)48-28-36-55(37-29-48)65(56-38-30-49(31-39-56)47-18-7-2-8-19-47)57-40-32-50(33-41-57)60-25-15-27-63-64(60)61-24-13-14-26-62(61)67(63)59-43-35-51-44-58(42-34-52(51)45-59)66(53-20-9-3-10-21-53)54-22-11-4-12-23-54/h1-45H. The van der Waals surface area contributed by atoms with E-state index in [1.54, 1.807) is 0 Å². The van der Waals surface area contributed by atoms with Gasteiger partial charge in [0.1, 0.15) is 0 Å². The maximum absolute atomic E-state index is 2.43. The summed E-state index contributed by atoms with van der Waals surface area (Å²) in [6.45, 7) is 0. The highest BCUT2D eigenvalue weighted by Gasteiger charge is 2.19. The third-order valence-corrected chi connectivity index (χ3v) is 13.0. The lowest BCUT2D eigenvalue weighted by molar-refractivity contribution is 1.19. The van der Waals surface area contributed by atoms with E-state index in [9.17, 15) is 0 Å². The molecule has 67 heavy (non-hydrogen) atoms. The van der Waals surface area contributed by atoms with Gasteiger partial charge in [-0.25, -0.2) is 0 Å². The van der Waals surface area contributed by atoms with E-state index >= 15 is 0 Å². The van der Waals surface area contributed by atoms with Crippen molar-refractivity contribution in [1.29, 1.82) is 0 Å². The fourth-order valence-corrected chi connectivity index (χ4v) is 9.74. The van der Waals surface area contributed by atoms with Gasteiger partial charge in [-0.3, -0.25) is 0 Å². The van der Waals surface area contributed by atoms with Crippen LogP contribution in [0.1, 0.15) is 0 Å². The van der Waals surface area contributed by atoms with Crippen molar-refractivity contribution in [3.8, 4) is 39.1 Å². The molecular weight excluding hydrogens is 811 g/mol. The quantitative estimate of drug-likeness (QED) is 0.136. The maximum atomic E-state index is 2.43. The summed E-state index contributed by atoms with van der Waals surface area (Å²) in [7, 11) is 0. The Morgan fingerprint density at radius 3 is 1.22 bits per heavy atom. The minimum atomic E-state index is 1.09. The number of fused-ring (bicyclic) bond motifs is 4. The van der Waals surface area contributed by atoms with E-state index in [2.05, 4.69) is 287 Å². The molecule has 3 nitrogen and oxygen atoms in total. The molecule has 11 aromatic carbocycles. The van der Waals surface area contributed by atoms with E-state index in [-0.39, 0.29) is 0 Å². The minimum absolute atomic E-state index is 1.09. The molecule has 12 aromatic rings. The van der Waals surface area contributed by atoms with Crippen molar-refractivity contribution < 1.29 is 0 Å². The highest BCUT2D eigenvalue weighted by atomic mass is 15.1. The van der Waals surface area contributed by atoms with Crippen LogP contribution in [-0.2, 0) is 0 Å². The summed E-state index contributed by atoms with van der Waals surface area (Å²) in [6, 6.07) is 98.4. The van der Waals surface area contributed by atoms with Crippen LogP contribution < -0.4 is 9.80 Å². The normalized spacial score (nSPS) is 11.3. The second-order valence-electron chi connectivity index (χ2n) is 17.0. The molecule has 3 heteroatoms. The van der Waals surface area contributed by atoms with Gasteiger partial charge < -0.3 is 14.4 Å². The summed E-state index contributed by atoms with van der Waals surface area (Å²) in [4.78, 5) is 4.67. The van der Waals surface area contributed by atoms with Crippen LogP contribution in [0.4, 0.5) is 34.1 Å². The Bertz CT molecular complexity index is 3520. The number of benzene rings is 11. The fraction of sp³-hybridized carbons (Fsp3) is 0. The first-order valence-electron chi connectivity index (χ1n) is 22.9. The number of anilines is 6. The predicted octanol–water partition coefficient (Wildman–Crippen LogP) is 17.9. The molecule has 0 bridgehead atoms. The second-order valence-corrected chi connectivity index (χ2v) is 17.0. The molecule has 316 valence electrons. The molecule has 0 unspecified atom stereocenters. The third kappa shape index (κ3) is 7.49. The van der Waals surface area contributed by atoms with Gasteiger partial charge in [0.25, 0.3) is 0 Å². The molecule has 0 amide bonds. The van der Waals surface area contributed by atoms with Gasteiger partial charge >= 0.3 is 0 Å². The molecule has 1 aromatic heterocycles. The predicted molar refractivity (Wildman–Crippen MR) is 284 cm³/mol. The van der Waals surface area contributed by atoms with Crippen molar-refractivity contribution in [3.63, 3.8) is 0 Å². The smallest absolute Gasteiger partial charge is 0.0547 e. The molecule has 0 fully saturated rings. The molecule has 0 aliphatic rings. The number of para-hydroxylation sites is 3. The molecule has 0 radical (unpaired) electrons. The van der Waals surface area contributed by atoms with Gasteiger partial charge in [0.2, 0.25) is 0 Å². The summed E-state index contributed by atoms with van der Waals surface area (Å²) in [6.07, 6.45) is 0. The van der Waals surface area contributed by atoms with Gasteiger partial charge in [-0.05, 0) is 141 Å². The van der Waals surface area contributed by atoms with Crippen LogP contribution in [0.3, 0.4) is 0 Å². The van der Waals surface area contributed by atoms with Crippen molar-refractivity contribution in [2.75, 3.05) is 9.80 Å². The second kappa shape index (κ2) is 17.2. The van der Waals surface area contributed by atoms with Crippen LogP contribution in [0.5, 0.6) is 0 Å². The Balaban J connectivity index is 0.919. The molecular formula is C64H45N3. The first-order valence-corrected chi connectivity index (χ1v) is 22.9. The summed E-state index contributed by atoms with van der Waals surface area (Å²) >= 11 is 0. The highest BCUT2D eigenvalue weighted by molar-refractivity contribution is 6.16. The SMILES string of the molecule is c1ccc(-c2ccc(N(c3ccc(-c4ccccc4)cc3)c3ccc(-c4cccc5c4c4ccccc4n5-c4ccc5cc(N(c6ccccc6)c6ccccc6)ccc5c4)cc3)cc2)cc1. The van der Waals surface area contributed by atoms with E-state index < -0.39 is 0 Å². The monoisotopic (exact) mass is 855 g/mol. The Labute approximate surface area is 391 Å². The molecule has 0 spiro atoms. The number of hydrogen-bond donors (Lipinski definition) is 0. The van der Waals surface area contributed by atoms with Crippen molar-refractivity contribution >= 4 is 66.7 Å². The first-order chi connectivity index (χ1) is 33.2. The van der Waals surface area contributed by atoms with Gasteiger partial charge in [-0.15, -0.1) is 0 Å². The van der Waals surface area contributed by atoms with Gasteiger partial charge in [-0.2, -0.15) is 0 Å². The number of hydrogen-bond acceptors (Lipinski definition) is 2. The van der Waals surface area contributed by atoms with Crippen molar-refractivity contribution in [2.45, 2.75) is 0 Å². The van der Waals surface area contributed by atoms with Crippen LogP contribution in [-0.4, -0.2) is 4.57 Å². The lowest BCUT2D eigenvalue weighted by atomic mass is 9.99. The summed E-state index contributed by atoms with van der Waals surface area (Å²) in [5.41, 5.74) is 17.3. The molecule has 0 atom stereocenters. The zero-order chi connectivity index (χ0) is 44.5. The van der Waals surface area contributed by atoms with E-state index in [1.807, 2.05) is 0 Å². The zero-order valence-corrected chi connectivity index (χ0v) is 36.8. The Morgan fingerprint density at radius 2 is 0.657 bits per heavy atom. The molecule has 1 heterocycles. The molecule has 0 aliphatic carbocycles. The summed E-state index contributed by atoms with van der Waals surface area (Å²) in [5.74, 6) is 0. The Morgan fingerprint density at radius 1 is 0.254 bits per heavy atom. The molecule has 12 rings (SSSR count). The van der Waals surface area contributed by atoms with Gasteiger partial charge in [-0.1, -0.05) is 176 Å². The fourth-order valence-electron chi connectivity index (χ4n) is 9.74. The molecule has 0 saturated carbocycles. The van der Waals surface area contributed by atoms with Crippen LogP contribution >= 0.6 is 0 Å². The topological polar surface area (TPSA) is 11.4 Å². The van der Waals surface area contributed by atoms with E-state index in [1.165, 1.54) is 66.0 Å². The molecule has 0 N–H and O–H groups in total. The van der Waals surface area contributed by atoms with Gasteiger partial charge in [0.15, 0.2) is 0 Å². The average Bonchev–Trinajstić information content (AvgIpc) is 3.75. The minimum Gasteiger partial charge on any atom is -0.311 e. The van der Waals surface area contributed by atoms with Gasteiger partial charge in [0.05, 0.1) is 11.0 Å².